The lowest BCUT2D eigenvalue weighted by Gasteiger charge is -1.83. The number of rotatable bonds is 1. The molecule has 0 bridgehead atoms. The smallest absolute Gasteiger partial charge is 0.0994 e. The van der Waals surface area contributed by atoms with Gasteiger partial charge in [0.1, 0.15) is 0 Å². The Morgan fingerprint density at radius 1 is 1.86 bits per heavy atom. The first-order valence-electron chi connectivity index (χ1n) is 1.91. The highest BCUT2D eigenvalue weighted by Crippen LogP contribution is 1.95. The minimum absolute atomic E-state index is 0.285. The second-order valence-electron chi connectivity index (χ2n) is 1.38. The van der Waals surface area contributed by atoms with Gasteiger partial charge in [-0.05, 0) is 13.0 Å². The number of halogens is 1. The van der Waals surface area contributed by atoms with Crippen LogP contribution in [-0.4, -0.2) is 0 Å². The van der Waals surface area contributed by atoms with Gasteiger partial charge in [-0.2, -0.15) is 0 Å². The molecule has 1 nitrogen and oxygen atoms in total. The largest absolute Gasteiger partial charge is 0.389 e. The molecule has 0 aliphatic carbocycles. The molecule has 0 aromatic carbocycles. The molecule has 0 aromatic rings. The summed E-state index contributed by atoms with van der Waals surface area (Å²) in [6, 6.07) is 0. The van der Waals surface area contributed by atoms with Crippen LogP contribution in [0.1, 0.15) is 6.92 Å². The molecule has 0 aliphatic rings. The Morgan fingerprint density at radius 3 is 2.29 bits per heavy atom. The predicted octanol–water partition coefficient (Wildman–Crippen LogP) is 1.60. The van der Waals surface area contributed by atoms with Gasteiger partial charge in [0.25, 0.3) is 0 Å². The monoisotopic (exact) mass is 117 g/mol. The van der Waals surface area contributed by atoms with Gasteiger partial charge in [0.2, 0.25) is 0 Å². The van der Waals surface area contributed by atoms with Crippen LogP contribution >= 0.6 is 11.6 Å². The minimum Gasteiger partial charge on any atom is -0.389 e. The van der Waals surface area contributed by atoms with Gasteiger partial charge in [0.15, 0.2) is 0 Å². The summed E-state index contributed by atoms with van der Waals surface area (Å²) in [5, 5.41) is 0.285. The van der Waals surface area contributed by atoms with Crippen LogP contribution in [0.25, 0.3) is 0 Å². The van der Waals surface area contributed by atoms with E-state index in [4.69, 9.17) is 17.3 Å². The topological polar surface area (TPSA) is 26.0 Å². The molecule has 0 unspecified atom stereocenters. The van der Waals surface area contributed by atoms with E-state index in [0.717, 1.165) is 5.57 Å². The molecular weight excluding hydrogens is 110 g/mol. The third-order valence-electron chi connectivity index (χ3n) is 0.384. The SMILES string of the molecule is C=C(C)/C=C(\N)Cl. The predicted molar refractivity (Wildman–Crippen MR) is 32.9 cm³/mol. The van der Waals surface area contributed by atoms with E-state index in [1.54, 1.807) is 6.08 Å². The molecule has 0 heterocycles. The van der Waals surface area contributed by atoms with E-state index in [1.807, 2.05) is 6.92 Å². The standard InChI is InChI=1S/C5H8ClN/c1-4(2)3-5(6)7/h3H,1,7H2,2H3/b5-3-. The van der Waals surface area contributed by atoms with E-state index in [9.17, 15) is 0 Å². The van der Waals surface area contributed by atoms with Crippen molar-refractivity contribution in [3.05, 3.63) is 23.4 Å². The normalized spacial score (nSPS) is 11.4. The lowest BCUT2D eigenvalue weighted by Crippen LogP contribution is -1.85. The molecule has 0 radical (unpaired) electrons. The number of hydrogen-bond acceptors (Lipinski definition) is 1. The Morgan fingerprint density at radius 2 is 2.29 bits per heavy atom. The molecule has 0 aromatic heterocycles. The molecular formula is C5H8ClN. The van der Waals surface area contributed by atoms with E-state index in [2.05, 4.69) is 6.58 Å². The average molecular weight is 118 g/mol. The summed E-state index contributed by atoms with van der Waals surface area (Å²) in [4.78, 5) is 0. The van der Waals surface area contributed by atoms with Gasteiger partial charge in [-0.25, -0.2) is 0 Å². The van der Waals surface area contributed by atoms with Crippen LogP contribution in [0.5, 0.6) is 0 Å². The fourth-order valence-electron chi connectivity index (χ4n) is 0.235. The van der Waals surface area contributed by atoms with Crippen LogP contribution in [-0.2, 0) is 0 Å². The summed E-state index contributed by atoms with van der Waals surface area (Å²) in [5.74, 6) is 0. The number of hydrogen-bond donors (Lipinski definition) is 1. The fraction of sp³-hybridized carbons (Fsp3) is 0.200. The Labute approximate surface area is 48.5 Å². The Balaban J connectivity index is 3.68. The summed E-state index contributed by atoms with van der Waals surface area (Å²) in [5.41, 5.74) is 5.93. The molecule has 40 valence electrons. The summed E-state index contributed by atoms with van der Waals surface area (Å²) in [6.45, 7) is 5.38. The fourth-order valence-corrected chi connectivity index (χ4v) is 0.422. The van der Waals surface area contributed by atoms with E-state index < -0.39 is 0 Å². The van der Waals surface area contributed by atoms with Crippen molar-refractivity contribution in [3.8, 4) is 0 Å². The maximum absolute atomic E-state index is 5.25. The maximum Gasteiger partial charge on any atom is 0.0994 e. The maximum atomic E-state index is 5.25. The van der Waals surface area contributed by atoms with E-state index in [1.165, 1.54) is 0 Å². The van der Waals surface area contributed by atoms with Gasteiger partial charge in [-0.3, -0.25) is 0 Å². The summed E-state index contributed by atoms with van der Waals surface area (Å²) in [7, 11) is 0. The summed E-state index contributed by atoms with van der Waals surface area (Å²) in [6.07, 6.45) is 1.60. The van der Waals surface area contributed by atoms with Gasteiger partial charge >= 0.3 is 0 Å². The van der Waals surface area contributed by atoms with Crippen LogP contribution in [0.4, 0.5) is 0 Å². The average Bonchev–Trinajstić information content (AvgIpc) is 1.27. The van der Waals surface area contributed by atoms with Crippen molar-refractivity contribution in [2.24, 2.45) is 5.73 Å². The molecule has 7 heavy (non-hydrogen) atoms. The highest BCUT2D eigenvalue weighted by Gasteiger charge is 1.76. The molecule has 2 heteroatoms. The molecule has 2 N–H and O–H groups in total. The van der Waals surface area contributed by atoms with Gasteiger partial charge < -0.3 is 5.73 Å². The quantitative estimate of drug-likeness (QED) is 0.410. The van der Waals surface area contributed by atoms with E-state index in [-0.39, 0.29) is 5.16 Å². The number of allylic oxidation sites excluding steroid dienone is 2. The Bertz CT molecular complexity index is 101. The van der Waals surface area contributed by atoms with Gasteiger partial charge in [0.05, 0.1) is 5.16 Å². The van der Waals surface area contributed by atoms with Gasteiger partial charge in [-0.1, -0.05) is 23.8 Å². The second kappa shape index (κ2) is 2.69. The molecule has 0 aliphatic heterocycles. The van der Waals surface area contributed by atoms with Crippen molar-refractivity contribution >= 4 is 11.6 Å². The van der Waals surface area contributed by atoms with Crippen LogP contribution in [0, 0.1) is 0 Å². The lowest BCUT2D eigenvalue weighted by molar-refractivity contribution is 1.46. The molecule has 0 amide bonds. The minimum atomic E-state index is 0.285. The molecule has 0 saturated carbocycles. The van der Waals surface area contributed by atoms with Crippen LogP contribution in [0.2, 0.25) is 0 Å². The van der Waals surface area contributed by atoms with Gasteiger partial charge in [0, 0.05) is 0 Å². The van der Waals surface area contributed by atoms with E-state index >= 15 is 0 Å². The summed E-state index contributed by atoms with van der Waals surface area (Å²) >= 11 is 5.25. The third-order valence-corrected chi connectivity index (χ3v) is 0.493. The third kappa shape index (κ3) is 5.57. The van der Waals surface area contributed by atoms with Crippen molar-refractivity contribution in [2.45, 2.75) is 6.92 Å². The molecule has 0 spiro atoms. The number of nitrogens with two attached hydrogens (primary N) is 1. The van der Waals surface area contributed by atoms with Gasteiger partial charge in [-0.15, -0.1) is 0 Å². The molecule has 0 saturated heterocycles. The molecule has 0 fully saturated rings. The van der Waals surface area contributed by atoms with Crippen molar-refractivity contribution in [3.63, 3.8) is 0 Å². The Hall–Kier alpha value is -0.430. The zero-order valence-corrected chi connectivity index (χ0v) is 5.00. The second-order valence-corrected chi connectivity index (χ2v) is 1.81. The first-order chi connectivity index (χ1) is 3.13. The summed E-state index contributed by atoms with van der Waals surface area (Å²) < 4.78 is 0. The van der Waals surface area contributed by atoms with Crippen molar-refractivity contribution in [2.75, 3.05) is 0 Å². The Kier molecular flexibility index (Phi) is 2.53. The van der Waals surface area contributed by atoms with E-state index in [0.29, 0.717) is 0 Å². The highest BCUT2D eigenvalue weighted by molar-refractivity contribution is 6.29. The van der Waals surface area contributed by atoms with Crippen molar-refractivity contribution < 1.29 is 0 Å². The molecule has 0 atom stereocenters. The highest BCUT2D eigenvalue weighted by atomic mass is 35.5. The van der Waals surface area contributed by atoms with Crippen LogP contribution in [0.15, 0.2) is 23.4 Å². The van der Waals surface area contributed by atoms with Crippen molar-refractivity contribution in [1.82, 2.24) is 0 Å². The zero-order valence-electron chi connectivity index (χ0n) is 4.24. The zero-order chi connectivity index (χ0) is 5.86. The molecule has 0 rings (SSSR count). The van der Waals surface area contributed by atoms with Crippen molar-refractivity contribution in [1.29, 1.82) is 0 Å². The first-order valence-corrected chi connectivity index (χ1v) is 2.29. The van der Waals surface area contributed by atoms with Crippen LogP contribution in [0.3, 0.4) is 0 Å². The lowest BCUT2D eigenvalue weighted by atomic mass is 10.3. The van der Waals surface area contributed by atoms with Crippen LogP contribution < -0.4 is 5.73 Å². The first kappa shape index (κ1) is 6.57.